The van der Waals surface area contributed by atoms with E-state index < -0.39 is 0 Å². The molecule has 0 radical (unpaired) electrons. The Morgan fingerprint density at radius 1 is 1.10 bits per heavy atom. The van der Waals surface area contributed by atoms with Crippen LogP contribution in [0.1, 0.15) is 24.1 Å². The minimum atomic E-state index is -0.0795. The second-order valence-corrected chi connectivity index (χ2v) is 8.07. The van der Waals surface area contributed by atoms with E-state index >= 15 is 0 Å². The summed E-state index contributed by atoms with van der Waals surface area (Å²) in [6, 6.07) is 7.38. The van der Waals surface area contributed by atoms with Crippen molar-refractivity contribution in [2.75, 3.05) is 25.0 Å². The molecule has 3 aromatic heterocycles. The Morgan fingerprint density at radius 3 is 2.83 bits per heavy atom. The van der Waals surface area contributed by atoms with E-state index in [0.717, 1.165) is 61.7 Å². The molecule has 0 saturated carbocycles. The molecule has 2 aliphatic heterocycles. The van der Waals surface area contributed by atoms with Crippen LogP contribution in [0.15, 0.2) is 47.8 Å². The van der Waals surface area contributed by atoms with Gasteiger partial charge in [-0.3, -0.25) is 9.78 Å². The topological polar surface area (TPSA) is 80.0 Å². The predicted molar refractivity (Wildman–Crippen MR) is 114 cm³/mol. The molecule has 0 amide bonds. The van der Waals surface area contributed by atoms with Gasteiger partial charge < -0.3 is 9.80 Å². The average molecular weight is 403 g/mol. The van der Waals surface area contributed by atoms with Crippen LogP contribution in [0.5, 0.6) is 0 Å². The quantitative estimate of drug-likeness (QED) is 0.657. The highest BCUT2D eigenvalue weighted by Gasteiger charge is 2.30. The molecule has 5 rings (SSSR count). The third-order valence-corrected chi connectivity index (χ3v) is 6.05. The van der Waals surface area contributed by atoms with E-state index in [-0.39, 0.29) is 11.6 Å². The number of aromatic nitrogens is 5. The highest BCUT2D eigenvalue weighted by molar-refractivity contribution is 5.57. The van der Waals surface area contributed by atoms with Gasteiger partial charge in [-0.15, -0.1) is 0 Å². The third kappa shape index (κ3) is 3.59. The van der Waals surface area contributed by atoms with Crippen LogP contribution in [0, 0.1) is 0 Å². The van der Waals surface area contributed by atoms with Crippen molar-refractivity contribution < 1.29 is 0 Å². The number of rotatable bonds is 4. The largest absolute Gasteiger partial charge is 0.351 e. The normalized spacial score (nSPS) is 19.1. The Kier molecular flexibility index (Phi) is 5.00. The summed E-state index contributed by atoms with van der Waals surface area (Å²) < 4.78 is 1.60. The van der Waals surface area contributed by atoms with Gasteiger partial charge in [0.2, 0.25) is 0 Å². The minimum Gasteiger partial charge on any atom is -0.351 e. The average Bonchev–Trinajstić information content (AvgIpc) is 3.23. The Bertz CT molecular complexity index is 1100. The van der Waals surface area contributed by atoms with Crippen LogP contribution >= 0.6 is 0 Å². The second-order valence-electron chi connectivity index (χ2n) is 8.07. The number of hydrogen-bond acceptors (Lipinski definition) is 7. The standard InChI is InChI=1S/C22H25N7O/c1-27-12-8-20-18(14-27)22(25-15-24-20)28-11-2-3-17(28)13-29-21(30)5-4-19(26-29)16-6-9-23-10-7-16/h4-7,9-10,15,17H,2-3,8,11-14H2,1H3. The van der Waals surface area contributed by atoms with Gasteiger partial charge in [-0.1, -0.05) is 0 Å². The monoisotopic (exact) mass is 403 g/mol. The molecule has 0 aromatic carbocycles. The first-order chi connectivity index (χ1) is 14.7. The molecule has 5 heterocycles. The molecule has 0 bridgehead atoms. The second kappa shape index (κ2) is 7.95. The summed E-state index contributed by atoms with van der Waals surface area (Å²) in [6.45, 7) is 3.38. The third-order valence-electron chi connectivity index (χ3n) is 6.05. The number of hydrogen-bond donors (Lipinski definition) is 0. The zero-order chi connectivity index (χ0) is 20.5. The van der Waals surface area contributed by atoms with Crippen LogP contribution in [-0.4, -0.2) is 55.8 Å². The van der Waals surface area contributed by atoms with Gasteiger partial charge in [-0.2, -0.15) is 5.10 Å². The van der Waals surface area contributed by atoms with Crippen molar-refractivity contribution in [3.05, 3.63) is 64.6 Å². The molecule has 3 aromatic rings. The van der Waals surface area contributed by atoms with E-state index in [1.165, 1.54) is 5.56 Å². The Balaban J connectivity index is 1.44. The van der Waals surface area contributed by atoms with Gasteiger partial charge in [0.15, 0.2) is 0 Å². The summed E-state index contributed by atoms with van der Waals surface area (Å²) >= 11 is 0. The van der Waals surface area contributed by atoms with Crippen LogP contribution in [0.25, 0.3) is 11.3 Å². The zero-order valence-corrected chi connectivity index (χ0v) is 17.1. The fourth-order valence-corrected chi connectivity index (χ4v) is 4.47. The van der Waals surface area contributed by atoms with E-state index in [2.05, 4.69) is 36.9 Å². The van der Waals surface area contributed by atoms with Crippen molar-refractivity contribution in [2.24, 2.45) is 0 Å². The van der Waals surface area contributed by atoms with Gasteiger partial charge >= 0.3 is 0 Å². The summed E-state index contributed by atoms with van der Waals surface area (Å²) in [5.74, 6) is 1.02. The maximum atomic E-state index is 12.5. The van der Waals surface area contributed by atoms with Gasteiger partial charge in [0, 0.05) is 55.6 Å². The lowest BCUT2D eigenvalue weighted by atomic mass is 10.1. The predicted octanol–water partition coefficient (Wildman–Crippen LogP) is 1.75. The van der Waals surface area contributed by atoms with E-state index in [9.17, 15) is 4.79 Å². The number of likely N-dealkylation sites (N-methyl/N-ethyl adjacent to an activating group) is 1. The summed E-state index contributed by atoms with van der Waals surface area (Å²) in [5.41, 5.74) is 4.03. The molecular weight excluding hydrogens is 378 g/mol. The SMILES string of the molecule is CN1CCc2ncnc(N3CCCC3Cn3nc(-c4ccncc4)ccc3=O)c2C1. The van der Waals surface area contributed by atoms with E-state index in [4.69, 9.17) is 0 Å². The summed E-state index contributed by atoms with van der Waals surface area (Å²) in [7, 11) is 2.13. The summed E-state index contributed by atoms with van der Waals surface area (Å²) in [5, 5.41) is 4.64. The molecule has 2 aliphatic rings. The molecule has 8 nitrogen and oxygen atoms in total. The van der Waals surface area contributed by atoms with Gasteiger partial charge in [-0.05, 0) is 38.1 Å². The smallest absolute Gasteiger partial charge is 0.266 e. The fourth-order valence-electron chi connectivity index (χ4n) is 4.47. The van der Waals surface area contributed by atoms with E-state index in [0.29, 0.717) is 6.54 Å². The molecule has 0 N–H and O–H groups in total. The maximum Gasteiger partial charge on any atom is 0.266 e. The van der Waals surface area contributed by atoms with Crippen molar-refractivity contribution in [1.29, 1.82) is 0 Å². The zero-order valence-electron chi connectivity index (χ0n) is 17.1. The number of pyridine rings is 1. The number of anilines is 1. The Morgan fingerprint density at radius 2 is 1.97 bits per heavy atom. The summed E-state index contributed by atoms with van der Waals surface area (Å²) in [4.78, 5) is 30.4. The van der Waals surface area contributed by atoms with Gasteiger partial charge in [0.05, 0.1) is 24.0 Å². The maximum absolute atomic E-state index is 12.5. The van der Waals surface area contributed by atoms with Crippen molar-refractivity contribution in [1.82, 2.24) is 29.6 Å². The molecule has 1 saturated heterocycles. The lowest BCUT2D eigenvalue weighted by Crippen LogP contribution is -2.39. The molecular formula is C22H25N7O. The molecule has 30 heavy (non-hydrogen) atoms. The Labute approximate surface area is 175 Å². The summed E-state index contributed by atoms with van der Waals surface area (Å²) in [6.07, 6.45) is 8.21. The number of fused-ring (bicyclic) bond motifs is 1. The van der Waals surface area contributed by atoms with Gasteiger partial charge in [0.1, 0.15) is 12.1 Å². The van der Waals surface area contributed by atoms with Crippen LogP contribution in [0.4, 0.5) is 5.82 Å². The lowest BCUT2D eigenvalue weighted by molar-refractivity contribution is 0.309. The molecule has 1 unspecified atom stereocenters. The first kappa shape index (κ1) is 18.9. The molecule has 1 atom stereocenters. The molecule has 0 spiro atoms. The molecule has 0 aliphatic carbocycles. The molecule has 8 heteroatoms. The van der Waals surface area contributed by atoms with Crippen molar-refractivity contribution in [3.8, 4) is 11.3 Å². The first-order valence-corrected chi connectivity index (χ1v) is 10.5. The fraction of sp³-hybridized carbons (Fsp3) is 0.409. The van der Waals surface area contributed by atoms with Crippen molar-refractivity contribution in [3.63, 3.8) is 0 Å². The van der Waals surface area contributed by atoms with Crippen LogP contribution in [-0.2, 0) is 19.5 Å². The lowest BCUT2D eigenvalue weighted by Gasteiger charge is -2.32. The molecule has 1 fully saturated rings. The highest BCUT2D eigenvalue weighted by atomic mass is 16.1. The van der Waals surface area contributed by atoms with Crippen LogP contribution in [0.2, 0.25) is 0 Å². The van der Waals surface area contributed by atoms with Crippen molar-refractivity contribution in [2.45, 2.75) is 38.4 Å². The molecule has 154 valence electrons. The highest BCUT2D eigenvalue weighted by Crippen LogP contribution is 2.31. The first-order valence-electron chi connectivity index (χ1n) is 10.5. The van der Waals surface area contributed by atoms with Crippen LogP contribution in [0.3, 0.4) is 0 Å². The van der Waals surface area contributed by atoms with Gasteiger partial charge in [0.25, 0.3) is 5.56 Å². The Hall–Kier alpha value is -3.13. The van der Waals surface area contributed by atoms with Crippen molar-refractivity contribution >= 4 is 5.82 Å². The van der Waals surface area contributed by atoms with Crippen LogP contribution < -0.4 is 10.5 Å². The van der Waals surface area contributed by atoms with E-state index in [1.807, 2.05) is 12.1 Å². The van der Waals surface area contributed by atoms with Gasteiger partial charge in [-0.25, -0.2) is 14.6 Å². The minimum absolute atomic E-state index is 0.0795. The number of nitrogens with zero attached hydrogens (tertiary/aromatic N) is 7. The van der Waals surface area contributed by atoms with E-state index in [1.54, 1.807) is 35.5 Å².